The van der Waals surface area contributed by atoms with Gasteiger partial charge in [0.15, 0.2) is 0 Å². The summed E-state index contributed by atoms with van der Waals surface area (Å²) in [5, 5.41) is 4.61. The molecule has 0 fully saturated rings. The minimum absolute atomic E-state index is 0.322. The van der Waals surface area contributed by atoms with Crippen molar-refractivity contribution in [3.63, 3.8) is 0 Å². The van der Waals surface area contributed by atoms with Crippen molar-refractivity contribution >= 4 is 16.7 Å². The van der Waals surface area contributed by atoms with Gasteiger partial charge in [0.2, 0.25) is 0 Å². The van der Waals surface area contributed by atoms with Crippen LogP contribution in [0.15, 0.2) is 26.5 Å². The highest BCUT2D eigenvalue weighted by molar-refractivity contribution is 5.90. The van der Waals surface area contributed by atoms with Crippen molar-refractivity contribution < 1.29 is 4.42 Å². The molecule has 6 nitrogen and oxygen atoms in total. The van der Waals surface area contributed by atoms with Crippen LogP contribution in [-0.4, -0.2) is 19.6 Å². The maximum Gasteiger partial charge on any atom is 0.336 e. The summed E-state index contributed by atoms with van der Waals surface area (Å²) in [6.45, 7) is 2.53. The predicted molar refractivity (Wildman–Crippen MR) is 89.1 cm³/mol. The van der Waals surface area contributed by atoms with Crippen molar-refractivity contribution in [1.82, 2.24) is 0 Å². The monoisotopic (exact) mass is 310 g/mol. The molecule has 6 heteroatoms. The fourth-order valence-corrected chi connectivity index (χ4v) is 3.96. The number of aryl methyl sites for hydroxylation is 2. The Hall–Kier alpha value is -2.46. The summed E-state index contributed by atoms with van der Waals surface area (Å²) in [4.78, 5) is 17.2. The highest BCUT2D eigenvalue weighted by Crippen LogP contribution is 2.40. The quantitative estimate of drug-likeness (QED) is 0.377. The predicted octanol–water partition coefficient (Wildman–Crippen LogP) is 3.34. The summed E-state index contributed by atoms with van der Waals surface area (Å²) in [5.74, 6) is 0. The maximum atomic E-state index is 12.0. The zero-order valence-electron chi connectivity index (χ0n) is 12.9. The first-order chi connectivity index (χ1) is 11.3. The number of hydrogen-bond donors (Lipinski definition) is 0. The third-order valence-corrected chi connectivity index (χ3v) is 4.86. The topological polar surface area (TPSA) is 82.2 Å². The lowest BCUT2D eigenvalue weighted by atomic mass is 9.89. The number of fused-ring (bicyclic) bond motifs is 2. The van der Waals surface area contributed by atoms with Crippen LogP contribution in [0.1, 0.15) is 29.5 Å². The van der Waals surface area contributed by atoms with Gasteiger partial charge in [-0.05, 0) is 54.8 Å². The molecular formula is C17H18N4O2. The molecule has 2 aliphatic rings. The van der Waals surface area contributed by atoms with E-state index < -0.39 is 0 Å². The van der Waals surface area contributed by atoms with Crippen molar-refractivity contribution in [1.29, 1.82) is 0 Å². The van der Waals surface area contributed by atoms with Crippen molar-refractivity contribution in [2.24, 2.45) is 5.11 Å². The van der Waals surface area contributed by atoms with Crippen LogP contribution in [0.25, 0.3) is 21.4 Å². The molecule has 0 saturated heterocycles. The smallest absolute Gasteiger partial charge is 0.336 e. The van der Waals surface area contributed by atoms with Crippen LogP contribution in [0.4, 0.5) is 5.69 Å². The van der Waals surface area contributed by atoms with Crippen LogP contribution in [-0.2, 0) is 19.3 Å². The average molecular weight is 310 g/mol. The Kier molecular flexibility index (Phi) is 3.46. The zero-order chi connectivity index (χ0) is 15.8. The van der Waals surface area contributed by atoms with E-state index in [2.05, 4.69) is 21.0 Å². The summed E-state index contributed by atoms with van der Waals surface area (Å²) in [6.07, 6.45) is 4.86. The molecule has 23 heavy (non-hydrogen) atoms. The number of hydrogen-bond acceptors (Lipinski definition) is 4. The number of anilines is 1. The van der Waals surface area contributed by atoms with Gasteiger partial charge in [-0.25, -0.2) is 4.79 Å². The second kappa shape index (κ2) is 5.63. The Morgan fingerprint density at radius 1 is 1.26 bits per heavy atom. The van der Waals surface area contributed by atoms with Gasteiger partial charge >= 0.3 is 5.63 Å². The molecule has 1 aromatic heterocycles. The van der Waals surface area contributed by atoms with Gasteiger partial charge in [-0.1, -0.05) is 5.11 Å². The van der Waals surface area contributed by atoms with Gasteiger partial charge in [-0.15, -0.1) is 0 Å². The van der Waals surface area contributed by atoms with Gasteiger partial charge in [0, 0.05) is 47.2 Å². The Labute approximate surface area is 133 Å². The lowest BCUT2D eigenvalue weighted by Crippen LogP contribution is -2.34. The third kappa shape index (κ3) is 2.35. The van der Waals surface area contributed by atoms with Gasteiger partial charge in [0.05, 0.1) is 0 Å². The van der Waals surface area contributed by atoms with Gasteiger partial charge in [0.1, 0.15) is 5.58 Å². The molecule has 118 valence electrons. The van der Waals surface area contributed by atoms with Crippen molar-refractivity contribution in [2.45, 2.75) is 32.1 Å². The summed E-state index contributed by atoms with van der Waals surface area (Å²) in [5.41, 5.74) is 13.6. The van der Waals surface area contributed by atoms with E-state index in [4.69, 9.17) is 9.95 Å². The molecule has 0 unspecified atom stereocenters. The van der Waals surface area contributed by atoms with Gasteiger partial charge in [0.25, 0.3) is 0 Å². The van der Waals surface area contributed by atoms with Crippen molar-refractivity contribution in [3.05, 3.63) is 49.7 Å². The highest BCUT2D eigenvalue weighted by Gasteiger charge is 2.27. The van der Waals surface area contributed by atoms with Crippen LogP contribution in [0.3, 0.4) is 0 Å². The third-order valence-electron chi connectivity index (χ3n) is 4.86. The second-order valence-corrected chi connectivity index (χ2v) is 6.23. The van der Waals surface area contributed by atoms with E-state index in [1.807, 2.05) is 0 Å². The number of rotatable bonds is 3. The molecule has 1 aromatic carbocycles. The number of benzene rings is 1. The summed E-state index contributed by atoms with van der Waals surface area (Å²) in [6, 6.07) is 3.72. The van der Waals surface area contributed by atoms with Crippen LogP contribution in [0.5, 0.6) is 0 Å². The molecule has 0 N–H and O–H groups in total. The zero-order valence-corrected chi connectivity index (χ0v) is 12.9. The minimum Gasteiger partial charge on any atom is -0.422 e. The Morgan fingerprint density at radius 2 is 2.09 bits per heavy atom. The minimum atomic E-state index is -0.322. The summed E-state index contributed by atoms with van der Waals surface area (Å²) < 4.78 is 5.59. The molecular weight excluding hydrogens is 292 g/mol. The lowest BCUT2D eigenvalue weighted by Gasteiger charge is -2.37. The van der Waals surface area contributed by atoms with Crippen LogP contribution < -0.4 is 10.5 Å². The summed E-state index contributed by atoms with van der Waals surface area (Å²) >= 11 is 0. The largest absolute Gasteiger partial charge is 0.422 e. The standard InChI is InChI=1S/C17H18N4O2/c18-20-19-6-5-11-10-15(22)23-17-13-4-2-8-21-7-1-3-12(16(13)21)9-14(11)17/h9-10H,1-8H2. The van der Waals surface area contributed by atoms with Gasteiger partial charge in [-0.3, -0.25) is 0 Å². The fourth-order valence-electron chi connectivity index (χ4n) is 3.96. The molecule has 0 atom stereocenters. The van der Waals surface area contributed by atoms with Crippen LogP contribution in [0, 0.1) is 0 Å². The fraction of sp³-hybridized carbons (Fsp3) is 0.471. The van der Waals surface area contributed by atoms with E-state index in [0.717, 1.165) is 48.9 Å². The van der Waals surface area contributed by atoms with E-state index in [0.29, 0.717) is 13.0 Å². The Morgan fingerprint density at radius 3 is 2.91 bits per heavy atom. The molecule has 0 amide bonds. The van der Waals surface area contributed by atoms with E-state index in [1.165, 1.54) is 29.3 Å². The number of nitrogens with zero attached hydrogens (tertiary/aromatic N) is 4. The maximum absolute atomic E-state index is 12.0. The number of azide groups is 1. The van der Waals surface area contributed by atoms with Crippen LogP contribution >= 0.6 is 0 Å². The Bertz CT molecular complexity index is 878. The van der Waals surface area contributed by atoms with E-state index >= 15 is 0 Å². The molecule has 4 rings (SSSR count). The lowest BCUT2D eigenvalue weighted by molar-refractivity contribution is 0.547. The molecule has 3 heterocycles. The molecule has 0 bridgehead atoms. The Balaban J connectivity index is 1.96. The van der Waals surface area contributed by atoms with Crippen molar-refractivity contribution in [2.75, 3.05) is 24.5 Å². The first-order valence-electron chi connectivity index (χ1n) is 8.15. The van der Waals surface area contributed by atoms with E-state index in [-0.39, 0.29) is 5.63 Å². The molecule has 0 saturated carbocycles. The molecule has 2 aromatic rings. The van der Waals surface area contributed by atoms with Crippen molar-refractivity contribution in [3.8, 4) is 0 Å². The van der Waals surface area contributed by atoms with Gasteiger partial charge < -0.3 is 9.32 Å². The SMILES string of the molecule is [N-]=[N+]=NCCc1cc(=O)oc2c3c4c(cc12)CCCN4CCC3. The first kappa shape index (κ1) is 14.2. The molecule has 2 aliphatic heterocycles. The highest BCUT2D eigenvalue weighted by atomic mass is 16.4. The molecule has 0 aliphatic carbocycles. The van der Waals surface area contributed by atoms with Gasteiger partial charge in [-0.2, -0.15) is 0 Å². The molecule has 0 spiro atoms. The van der Waals surface area contributed by atoms with E-state index in [1.54, 1.807) is 0 Å². The summed E-state index contributed by atoms with van der Waals surface area (Å²) in [7, 11) is 0. The first-order valence-corrected chi connectivity index (χ1v) is 8.15. The average Bonchev–Trinajstić information content (AvgIpc) is 2.56. The molecule has 0 radical (unpaired) electrons. The normalized spacial score (nSPS) is 16.1. The second-order valence-electron chi connectivity index (χ2n) is 6.23. The van der Waals surface area contributed by atoms with E-state index in [9.17, 15) is 4.79 Å². The van der Waals surface area contributed by atoms with Crippen LogP contribution in [0.2, 0.25) is 0 Å².